The van der Waals surface area contributed by atoms with Gasteiger partial charge in [-0.1, -0.05) is 25.1 Å². The molecular weight excluding hydrogens is 278 g/mol. The fourth-order valence-corrected chi connectivity index (χ4v) is 2.20. The molecule has 0 saturated heterocycles. The number of amidine groups is 1. The van der Waals surface area contributed by atoms with E-state index in [2.05, 4.69) is 23.4 Å². The summed E-state index contributed by atoms with van der Waals surface area (Å²) in [7, 11) is 1.89. The summed E-state index contributed by atoms with van der Waals surface area (Å²) in [6, 6.07) is 14.9. The highest BCUT2D eigenvalue weighted by molar-refractivity contribution is 6.06. The summed E-state index contributed by atoms with van der Waals surface area (Å²) >= 11 is 0. The summed E-state index contributed by atoms with van der Waals surface area (Å²) < 4.78 is 5.24. The van der Waals surface area contributed by atoms with E-state index < -0.39 is 6.09 Å². The molecule has 5 nitrogen and oxygen atoms in total. The molecular formula is C17H17N3O2. The summed E-state index contributed by atoms with van der Waals surface area (Å²) in [5, 5.41) is 8.77. The normalized spacial score (nSPS) is 12.6. The first kappa shape index (κ1) is 14.1. The van der Waals surface area contributed by atoms with E-state index >= 15 is 0 Å². The Morgan fingerprint density at radius 3 is 2.59 bits per heavy atom. The lowest BCUT2D eigenvalue weighted by molar-refractivity contribution is 0.215. The minimum atomic E-state index is -0.503. The number of aryl methyl sites for hydroxylation is 1. The Morgan fingerprint density at radius 1 is 1.23 bits per heavy atom. The van der Waals surface area contributed by atoms with E-state index in [1.165, 1.54) is 0 Å². The molecule has 2 aromatic rings. The first-order valence-corrected chi connectivity index (χ1v) is 7.16. The maximum atomic E-state index is 12.0. The van der Waals surface area contributed by atoms with Crippen molar-refractivity contribution in [3.63, 3.8) is 0 Å². The van der Waals surface area contributed by atoms with E-state index in [4.69, 9.17) is 4.74 Å². The van der Waals surface area contributed by atoms with Crippen LogP contribution in [0.3, 0.4) is 0 Å². The molecule has 1 amide bonds. The molecule has 0 saturated carbocycles. The molecule has 0 unspecified atom stereocenters. The fourth-order valence-electron chi connectivity index (χ4n) is 2.20. The zero-order valence-corrected chi connectivity index (χ0v) is 12.5. The average Bonchev–Trinajstić information content (AvgIpc) is 3.24. The van der Waals surface area contributed by atoms with Gasteiger partial charge < -0.3 is 4.74 Å². The van der Waals surface area contributed by atoms with Crippen molar-refractivity contribution < 1.29 is 9.53 Å². The molecule has 1 N–H and O–H groups in total. The third-order valence-electron chi connectivity index (χ3n) is 3.37. The number of anilines is 1. The van der Waals surface area contributed by atoms with Gasteiger partial charge in [-0.05, 0) is 42.3 Å². The van der Waals surface area contributed by atoms with Gasteiger partial charge in [0.1, 0.15) is 5.75 Å². The predicted octanol–water partition coefficient (Wildman–Crippen LogP) is 3.47. The van der Waals surface area contributed by atoms with Gasteiger partial charge >= 0.3 is 6.09 Å². The van der Waals surface area contributed by atoms with Gasteiger partial charge in [0.2, 0.25) is 0 Å². The van der Waals surface area contributed by atoms with Crippen molar-refractivity contribution in [2.45, 2.75) is 13.3 Å². The average molecular weight is 295 g/mol. The highest BCUT2D eigenvalue weighted by atomic mass is 16.6. The molecule has 0 aliphatic carbocycles. The molecule has 112 valence electrons. The topological polar surface area (TPSA) is 53.7 Å². The molecule has 1 heterocycles. The number of ether oxygens (including phenoxy) is 1. The maximum absolute atomic E-state index is 12.0. The van der Waals surface area contributed by atoms with Gasteiger partial charge in [0.25, 0.3) is 0 Å². The fraction of sp³-hybridized carbons (Fsp3) is 0.176. The summed E-state index contributed by atoms with van der Waals surface area (Å²) in [6.45, 7) is 2.07. The summed E-state index contributed by atoms with van der Waals surface area (Å²) in [5.74, 6) is 1.44. The second kappa shape index (κ2) is 5.89. The van der Waals surface area contributed by atoms with Crippen LogP contribution in [-0.2, 0) is 6.42 Å². The number of benzene rings is 2. The number of carbonyl (C=O) groups excluding carboxylic acids is 1. The van der Waals surface area contributed by atoms with Crippen molar-refractivity contribution in [1.29, 1.82) is 0 Å². The zero-order valence-electron chi connectivity index (χ0n) is 12.5. The third-order valence-corrected chi connectivity index (χ3v) is 3.37. The van der Waals surface area contributed by atoms with E-state index in [-0.39, 0.29) is 0 Å². The number of amides is 1. The minimum Gasteiger partial charge on any atom is -0.410 e. The number of nitrogens with one attached hydrogen (secondary N) is 1. The van der Waals surface area contributed by atoms with Crippen LogP contribution in [0.2, 0.25) is 0 Å². The van der Waals surface area contributed by atoms with Crippen LogP contribution in [0.5, 0.6) is 5.75 Å². The van der Waals surface area contributed by atoms with Gasteiger partial charge in [0, 0.05) is 18.3 Å². The van der Waals surface area contributed by atoms with Gasteiger partial charge in [-0.2, -0.15) is 5.10 Å². The summed E-state index contributed by atoms with van der Waals surface area (Å²) in [4.78, 5) is 12.0. The zero-order chi connectivity index (χ0) is 15.5. The van der Waals surface area contributed by atoms with Crippen LogP contribution in [0.15, 0.2) is 53.6 Å². The van der Waals surface area contributed by atoms with Gasteiger partial charge in [-0.25, -0.2) is 9.80 Å². The number of nitrogens with zero attached hydrogens (tertiary/aromatic N) is 2. The molecule has 0 radical (unpaired) electrons. The molecule has 0 aromatic heterocycles. The number of hydrogen-bond donors (Lipinski definition) is 1. The SMILES string of the molecule is CCc1cc(NC(=O)Oc2ccccc2)cc(C2=NN2C)c1. The lowest BCUT2D eigenvalue weighted by Crippen LogP contribution is -2.17. The molecule has 22 heavy (non-hydrogen) atoms. The molecule has 5 heteroatoms. The van der Waals surface area contributed by atoms with E-state index in [0.29, 0.717) is 11.4 Å². The van der Waals surface area contributed by atoms with Crippen LogP contribution in [-0.4, -0.2) is 24.0 Å². The first-order valence-electron chi connectivity index (χ1n) is 7.16. The first-order chi connectivity index (χ1) is 10.7. The number of hydrazone groups is 1. The molecule has 0 bridgehead atoms. The van der Waals surface area contributed by atoms with Gasteiger partial charge in [-0.3, -0.25) is 5.32 Å². The van der Waals surface area contributed by atoms with Gasteiger partial charge in [0.15, 0.2) is 5.84 Å². The minimum absolute atomic E-state index is 0.503. The molecule has 0 spiro atoms. The van der Waals surface area contributed by atoms with Crippen LogP contribution in [0.4, 0.5) is 10.5 Å². The maximum Gasteiger partial charge on any atom is 0.417 e. The molecule has 0 fully saturated rings. The predicted molar refractivity (Wildman–Crippen MR) is 86.2 cm³/mol. The lowest BCUT2D eigenvalue weighted by Gasteiger charge is -2.09. The highest BCUT2D eigenvalue weighted by Gasteiger charge is 2.22. The van der Waals surface area contributed by atoms with Crippen molar-refractivity contribution in [3.05, 3.63) is 59.7 Å². The van der Waals surface area contributed by atoms with E-state index in [0.717, 1.165) is 23.4 Å². The molecule has 0 atom stereocenters. The highest BCUT2D eigenvalue weighted by Crippen LogP contribution is 2.22. The second-order valence-corrected chi connectivity index (χ2v) is 5.05. The van der Waals surface area contributed by atoms with Gasteiger partial charge in [0.05, 0.1) is 0 Å². The summed E-state index contributed by atoms with van der Waals surface area (Å²) in [5.41, 5.74) is 2.84. The molecule has 2 aromatic carbocycles. The molecule has 1 aliphatic rings. The number of rotatable bonds is 4. The van der Waals surface area contributed by atoms with Crippen LogP contribution in [0, 0.1) is 0 Å². The van der Waals surface area contributed by atoms with Crippen molar-refractivity contribution in [1.82, 2.24) is 5.01 Å². The smallest absolute Gasteiger partial charge is 0.410 e. The van der Waals surface area contributed by atoms with Crippen molar-refractivity contribution >= 4 is 17.6 Å². The largest absolute Gasteiger partial charge is 0.417 e. The number of para-hydroxylation sites is 1. The monoisotopic (exact) mass is 295 g/mol. The number of carbonyl (C=O) groups is 1. The van der Waals surface area contributed by atoms with Crippen molar-refractivity contribution in [2.75, 3.05) is 12.4 Å². The van der Waals surface area contributed by atoms with Crippen LogP contribution < -0.4 is 10.1 Å². The van der Waals surface area contributed by atoms with E-state index in [1.807, 2.05) is 37.4 Å². The van der Waals surface area contributed by atoms with Crippen LogP contribution in [0.1, 0.15) is 18.1 Å². The van der Waals surface area contributed by atoms with Gasteiger partial charge in [-0.15, -0.1) is 0 Å². The third kappa shape index (κ3) is 3.25. The quantitative estimate of drug-likeness (QED) is 0.939. The Bertz CT molecular complexity index is 726. The Morgan fingerprint density at radius 2 is 1.95 bits per heavy atom. The molecule has 3 rings (SSSR count). The van der Waals surface area contributed by atoms with Crippen LogP contribution in [0.25, 0.3) is 0 Å². The summed E-state index contributed by atoms with van der Waals surface area (Å²) in [6.07, 6.45) is 0.379. The Labute approximate surface area is 129 Å². The van der Waals surface area contributed by atoms with E-state index in [1.54, 1.807) is 17.1 Å². The standard InChI is InChI=1S/C17H17N3O2/c1-3-12-9-13(16-19-20(16)2)11-14(10-12)18-17(21)22-15-7-5-4-6-8-15/h4-11H,3H2,1-2H3,(H,18,21). The van der Waals surface area contributed by atoms with Crippen molar-refractivity contribution in [3.8, 4) is 5.75 Å². The Balaban J connectivity index is 1.74. The van der Waals surface area contributed by atoms with Crippen LogP contribution >= 0.6 is 0 Å². The molecule has 1 aliphatic heterocycles. The second-order valence-electron chi connectivity index (χ2n) is 5.05. The Kier molecular flexibility index (Phi) is 3.78. The number of hydrogen-bond acceptors (Lipinski definition) is 4. The Hall–Kier alpha value is -2.82. The van der Waals surface area contributed by atoms with Crippen molar-refractivity contribution in [2.24, 2.45) is 5.10 Å². The van der Waals surface area contributed by atoms with E-state index in [9.17, 15) is 4.79 Å². The lowest BCUT2D eigenvalue weighted by atomic mass is 10.1.